The number of amides is 1. The average Bonchev–Trinajstić information content (AvgIpc) is 3.26. The summed E-state index contributed by atoms with van der Waals surface area (Å²) >= 11 is 0. The number of nitrogens with zero attached hydrogens (tertiary/aromatic N) is 1. The van der Waals surface area contributed by atoms with E-state index >= 15 is 0 Å². The van der Waals surface area contributed by atoms with Crippen LogP contribution in [0.5, 0.6) is 11.5 Å². The number of carbonyl (C=O) groups excluding carboxylic acids is 1. The van der Waals surface area contributed by atoms with Crippen LogP contribution in [0.1, 0.15) is 24.0 Å². The van der Waals surface area contributed by atoms with Crippen LogP contribution in [0, 0.1) is 0 Å². The van der Waals surface area contributed by atoms with Crippen molar-refractivity contribution in [3.63, 3.8) is 0 Å². The maximum absolute atomic E-state index is 12.7. The Balaban J connectivity index is 1.25. The van der Waals surface area contributed by atoms with E-state index < -0.39 is 11.7 Å². The molecule has 2 atom stereocenters. The van der Waals surface area contributed by atoms with Crippen molar-refractivity contribution in [1.82, 2.24) is 10.2 Å². The molecule has 31 heavy (non-hydrogen) atoms. The molecule has 0 unspecified atom stereocenters. The molecule has 2 aliphatic rings. The largest absolute Gasteiger partial charge is 0.454 e. The monoisotopic (exact) mass is 426 g/mol. The fraction of sp³-hybridized carbons (Fsp3) is 0.458. The highest BCUT2D eigenvalue weighted by molar-refractivity contribution is 5.76. The fourth-order valence-electron chi connectivity index (χ4n) is 4.14. The van der Waals surface area contributed by atoms with Gasteiger partial charge in [0.05, 0.1) is 12.6 Å². The molecule has 0 radical (unpaired) electrons. The summed E-state index contributed by atoms with van der Waals surface area (Å²) in [7, 11) is 0. The molecule has 2 aliphatic heterocycles. The molecule has 1 fully saturated rings. The van der Waals surface area contributed by atoms with Gasteiger partial charge in [0.2, 0.25) is 12.7 Å². The fourth-order valence-corrected chi connectivity index (χ4v) is 4.14. The van der Waals surface area contributed by atoms with Crippen molar-refractivity contribution < 1.29 is 24.5 Å². The first-order valence-electron chi connectivity index (χ1n) is 10.8. The summed E-state index contributed by atoms with van der Waals surface area (Å²) in [5.41, 5.74) is 0.870. The van der Waals surface area contributed by atoms with E-state index in [0.29, 0.717) is 32.4 Å². The lowest BCUT2D eigenvalue weighted by atomic mass is 9.89. The smallest absolute Gasteiger partial charge is 0.231 e. The predicted octanol–water partition coefficient (Wildman–Crippen LogP) is 1.50. The van der Waals surface area contributed by atoms with E-state index in [-0.39, 0.29) is 25.8 Å². The maximum atomic E-state index is 12.7. The Labute approximate surface area is 182 Å². The SMILES string of the molecule is O=C(CCc1ccccc1)N1CC[C@H](O)[C@@](O)(CNCCc2ccc3c(c2)OCO3)C1. The minimum absolute atomic E-state index is 0.00883. The number of aliphatic hydroxyl groups excluding tert-OH is 1. The van der Waals surface area contributed by atoms with Crippen LogP contribution in [0.15, 0.2) is 48.5 Å². The molecule has 7 nitrogen and oxygen atoms in total. The number of rotatable bonds is 8. The summed E-state index contributed by atoms with van der Waals surface area (Å²) in [6, 6.07) is 15.7. The van der Waals surface area contributed by atoms with Gasteiger partial charge in [0.15, 0.2) is 11.5 Å². The van der Waals surface area contributed by atoms with Gasteiger partial charge in [-0.2, -0.15) is 0 Å². The molecule has 1 saturated heterocycles. The highest BCUT2D eigenvalue weighted by atomic mass is 16.7. The topological polar surface area (TPSA) is 91.3 Å². The van der Waals surface area contributed by atoms with E-state index in [1.165, 1.54) is 0 Å². The van der Waals surface area contributed by atoms with Gasteiger partial charge in [-0.15, -0.1) is 0 Å². The first-order valence-corrected chi connectivity index (χ1v) is 10.8. The van der Waals surface area contributed by atoms with Crippen molar-refractivity contribution in [3.05, 3.63) is 59.7 Å². The van der Waals surface area contributed by atoms with Crippen molar-refractivity contribution in [2.75, 3.05) is 33.0 Å². The number of hydrogen-bond donors (Lipinski definition) is 3. The molecule has 0 aliphatic carbocycles. The van der Waals surface area contributed by atoms with Crippen LogP contribution in [-0.4, -0.2) is 65.7 Å². The third kappa shape index (κ3) is 5.36. The molecule has 2 aromatic rings. The molecule has 166 valence electrons. The van der Waals surface area contributed by atoms with Gasteiger partial charge in [0.1, 0.15) is 5.60 Å². The van der Waals surface area contributed by atoms with E-state index in [2.05, 4.69) is 5.32 Å². The van der Waals surface area contributed by atoms with Crippen LogP contribution < -0.4 is 14.8 Å². The Hall–Kier alpha value is -2.61. The maximum Gasteiger partial charge on any atom is 0.231 e. The molecule has 4 rings (SSSR count). The average molecular weight is 427 g/mol. The van der Waals surface area contributed by atoms with Crippen molar-refractivity contribution in [1.29, 1.82) is 0 Å². The Kier molecular flexibility index (Phi) is 6.75. The van der Waals surface area contributed by atoms with Gasteiger partial charge >= 0.3 is 0 Å². The second-order valence-corrected chi connectivity index (χ2v) is 8.32. The third-order valence-corrected chi connectivity index (χ3v) is 6.04. The van der Waals surface area contributed by atoms with Crippen LogP contribution in [0.2, 0.25) is 0 Å². The second kappa shape index (κ2) is 9.68. The van der Waals surface area contributed by atoms with Gasteiger partial charge in [-0.05, 0) is 49.1 Å². The summed E-state index contributed by atoms with van der Waals surface area (Å²) < 4.78 is 10.7. The zero-order valence-electron chi connectivity index (χ0n) is 17.6. The number of nitrogens with one attached hydrogen (secondary N) is 1. The molecule has 1 amide bonds. The summed E-state index contributed by atoms with van der Waals surface area (Å²) in [4.78, 5) is 14.3. The molecule has 0 bridgehead atoms. The number of β-amino-alcohol motifs (C(OH)–C–C–N with tert-alkyl or cyclic N) is 1. The Morgan fingerprint density at radius 3 is 2.74 bits per heavy atom. The van der Waals surface area contributed by atoms with Crippen molar-refractivity contribution in [2.24, 2.45) is 0 Å². The molecule has 2 aromatic carbocycles. The molecule has 7 heteroatoms. The normalized spacial score (nSPS) is 22.5. The zero-order chi connectivity index (χ0) is 21.7. The number of likely N-dealkylation sites (tertiary alicyclic amines) is 1. The minimum atomic E-state index is -1.35. The molecule has 0 aromatic heterocycles. The highest BCUT2D eigenvalue weighted by Gasteiger charge is 2.42. The number of fused-ring (bicyclic) bond motifs is 1. The predicted molar refractivity (Wildman–Crippen MR) is 116 cm³/mol. The number of ether oxygens (including phenoxy) is 2. The van der Waals surface area contributed by atoms with Crippen molar-refractivity contribution in [3.8, 4) is 11.5 Å². The van der Waals surface area contributed by atoms with E-state index in [1.54, 1.807) is 4.90 Å². The van der Waals surface area contributed by atoms with E-state index in [0.717, 1.165) is 29.0 Å². The van der Waals surface area contributed by atoms with E-state index in [1.807, 2.05) is 48.5 Å². The van der Waals surface area contributed by atoms with Crippen molar-refractivity contribution in [2.45, 2.75) is 37.4 Å². The van der Waals surface area contributed by atoms with Crippen LogP contribution in [0.25, 0.3) is 0 Å². The van der Waals surface area contributed by atoms with Crippen LogP contribution in [-0.2, 0) is 17.6 Å². The van der Waals surface area contributed by atoms with E-state index in [4.69, 9.17) is 9.47 Å². The van der Waals surface area contributed by atoms with Gasteiger partial charge in [-0.25, -0.2) is 0 Å². The van der Waals surface area contributed by atoms with Gasteiger partial charge in [-0.1, -0.05) is 36.4 Å². The van der Waals surface area contributed by atoms with Gasteiger partial charge in [0, 0.05) is 19.5 Å². The lowest BCUT2D eigenvalue weighted by molar-refractivity contribution is -0.150. The summed E-state index contributed by atoms with van der Waals surface area (Å²) in [6.07, 6.45) is 1.34. The molecule has 0 saturated carbocycles. The summed E-state index contributed by atoms with van der Waals surface area (Å²) in [5, 5.41) is 24.7. The zero-order valence-corrected chi connectivity index (χ0v) is 17.6. The number of hydrogen-bond acceptors (Lipinski definition) is 6. The standard InChI is InChI=1S/C24H30N2O5/c27-22-11-13-26(23(28)9-7-18-4-2-1-3-5-18)16-24(22,29)15-25-12-10-19-6-8-20-21(14-19)31-17-30-20/h1-6,8,14,22,25,27,29H,7,9-13,15-17H2/t22-,24+/m0/s1. The third-order valence-electron chi connectivity index (χ3n) is 6.04. The number of aliphatic hydroxyl groups is 2. The second-order valence-electron chi connectivity index (χ2n) is 8.32. The van der Waals surface area contributed by atoms with Crippen LogP contribution in [0.3, 0.4) is 0 Å². The summed E-state index contributed by atoms with van der Waals surface area (Å²) in [6.45, 7) is 1.72. The van der Waals surface area contributed by atoms with E-state index in [9.17, 15) is 15.0 Å². The van der Waals surface area contributed by atoms with Gasteiger partial charge in [-0.3, -0.25) is 4.79 Å². The first kappa shape index (κ1) is 21.6. The minimum Gasteiger partial charge on any atom is -0.454 e. The Morgan fingerprint density at radius 1 is 1.10 bits per heavy atom. The molecular formula is C24H30N2O5. The molecule has 3 N–H and O–H groups in total. The highest BCUT2D eigenvalue weighted by Crippen LogP contribution is 2.32. The Morgan fingerprint density at radius 2 is 1.90 bits per heavy atom. The Bertz CT molecular complexity index is 891. The quantitative estimate of drug-likeness (QED) is 0.555. The van der Waals surface area contributed by atoms with Crippen molar-refractivity contribution >= 4 is 5.91 Å². The lowest BCUT2D eigenvalue weighted by Gasteiger charge is -2.43. The number of carbonyl (C=O) groups is 1. The van der Waals surface area contributed by atoms with Gasteiger partial charge < -0.3 is 29.9 Å². The molecule has 0 spiro atoms. The molecule has 2 heterocycles. The number of benzene rings is 2. The number of piperidine rings is 1. The van der Waals surface area contributed by atoms with Crippen LogP contribution >= 0.6 is 0 Å². The molecular weight excluding hydrogens is 396 g/mol. The number of aryl methyl sites for hydroxylation is 1. The lowest BCUT2D eigenvalue weighted by Crippen LogP contribution is -2.62. The van der Waals surface area contributed by atoms with Gasteiger partial charge in [0.25, 0.3) is 0 Å². The first-order chi connectivity index (χ1) is 15.0. The summed E-state index contributed by atoms with van der Waals surface area (Å²) in [5.74, 6) is 1.52. The van der Waals surface area contributed by atoms with Crippen LogP contribution in [0.4, 0.5) is 0 Å².